The van der Waals surface area contributed by atoms with Gasteiger partial charge in [0.15, 0.2) is 11.5 Å². The summed E-state index contributed by atoms with van der Waals surface area (Å²) in [5, 5.41) is 11.8. The number of benzene rings is 1. The minimum Gasteiger partial charge on any atom is -0.454 e. The monoisotopic (exact) mass is 342 g/mol. The standard InChI is InChI=1S/C18H18N2O3S/c21-11-13(8-15-2-1-7-24-15)10-20-6-5-19-18(20)14-3-4-16-17(9-14)23-12-22-16/h1-7,9,13,21H,8,10-12H2. The Hall–Kier alpha value is -2.31. The number of aliphatic hydroxyl groups is 1. The number of hydrogen-bond acceptors (Lipinski definition) is 5. The van der Waals surface area contributed by atoms with E-state index in [2.05, 4.69) is 21.0 Å². The maximum Gasteiger partial charge on any atom is 0.231 e. The summed E-state index contributed by atoms with van der Waals surface area (Å²) in [4.78, 5) is 5.77. The molecule has 2 aromatic heterocycles. The van der Waals surface area contributed by atoms with Gasteiger partial charge in [0.1, 0.15) is 5.82 Å². The molecule has 1 aliphatic heterocycles. The Balaban J connectivity index is 1.55. The van der Waals surface area contributed by atoms with Crippen LogP contribution in [0.5, 0.6) is 11.5 Å². The van der Waals surface area contributed by atoms with Crippen LogP contribution in [-0.2, 0) is 13.0 Å². The van der Waals surface area contributed by atoms with E-state index in [4.69, 9.17) is 9.47 Å². The zero-order chi connectivity index (χ0) is 16.4. The molecule has 1 atom stereocenters. The Labute approximate surface area is 144 Å². The van der Waals surface area contributed by atoms with E-state index in [9.17, 15) is 5.11 Å². The van der Waals surface area contributed by atoms with Gasteiger partial charge < -0.3 is 19.1 Å². The zero-order valence-corrected chi connectivity index (χ0v) is 13.9. The predicted octanol–water partition coefficient (Wildman–Crippen LogP) is 3.19. The average Bonchev–Trinajstić information content (AvgIpc) is 3.35. The van der Waals surface area contributed by atoms with Crippen molar-refractivity contribution >= 4 is 11.3 Å². The van der Waals surface area contributed by atoms with Crippen molar-refractivity contribution in [3.63, 3.8) is 0 Å². The third-order valence-corrected chi connectivity index (χ3v) is 5.03. The lowest BCUT2D eigenvalue weighted by Crippen LogP contribution is -2.17. The molecule has 24 heavy (non-hydrogen) atoms. The van der Waals surface area contributed by atoms with Crippen molar-refractivity contribution < 1.29 is 14.6 Å². The topological polar surface area (TPSA) is 56.5 Å². The molecule has 0 fully saturated rings. The van der Waals surface area contributed by atoms with Gasteiger partial charge in [-0.25, -0.2) is 4.98 Å². The van der Waals surface area contributed by atoms with Gasteiger partial charge in [-0.15, -0.1) is 11.3 Å². The normalized spacial score (nSPS) is 14.0. The van der Waals surface area contributed by atoms with Gasteiger partial charge in [0.25, 0.3) is 0 Å². The van der Waals surface area contributed by atoms with Gasteiger partial charge in [-0.1, -0.05) is 6.07 Å². The molecule has 0 radical (unpaired) electrons. The summed E-state index contributed by atoms with van der Waals surface area (Å²) in [6.07, 6.45) is 4.61. The molecule has 1 N–H and O–H groups in total. The van der Waals surface area contributed by atoms with Gasteiger partial charge in [0, 0.05) is 41.9 Å². The summed E-state index contributed by atoms with van der Waals surface area (Å²) >= 11 is 1.73. The van der Waals surface area contributed by atoms with E-state index in [0.717, 1.165) is 35.9 Å². The molecule has 0 saturated heterocycles. The predicted molar refractivity (Wildman–Crippen MR) is 92.4 cm³/mol. The third-order valence-electron chi connectivity index (χ3n) is 4.13. The number of rotatable bonds is 6. The highest BCUT2D eigenvalue weighted by atomic mass is 32.1. The molecule has 1 aromatic carbocycles. The average molecular weight is 342 g/mol. The summed E-state index contributed by atoms with van der Waals surface area (Å²) in [7, 11) is 0. The van der Waals surface area contributed by atoms with Crippen LogP contribution in [-0.4, -0.2) is 28.1 Å². The van der Waals surface area contributed by atoms with Crippen LogP contribution in [0.2, 0.25) is 0 Å². The number of aromatic nitrogens is 2. The van der Waals surface area contributed by atoms with E-state index in [1.165, 1.54) is 4.88 Å². The highest BCUT2D eigenvalue weighted by molar-refractivity contribution is 7.09. The van der Waals surface area contributed by atoms with Crippen LogP contribution in [0.1, 0.15) is 4.88 Å². The molecule has 1 unspecified atom stereocenters. The largest absolute Gasteiger partial charge is 0.454 e. The van der Waals surface area contributed by atoms with Crippen molar-refractivity contribution in [3.8, 4) is 22.9 Å². The summed E-state index contributed by atoms with van der Waals surface area (Å²) in [5.74, 6) is 2.55. The minimum atomic E-state index is 0.149. The molecule has 0 spiro atoms. The molecule has 0 saturated carbocycles. The number of aliphatic hydroxyl groups excluding tert-OH is 1. The molecule has 3 aromatic rings. The maximum absolute atomic E-state index is 9.75. The number of fused-ring (bicyclic) bond motifs is 1. The van der Waals surface area contributed by atoms with Crippen molar-refractivity contribution in [2.75, 3.05) is 13.4 Å². The highest BCUT2D eigenvalue weighted by Gasteiger charge is 2.17. The zero-order valence-electron chi connectivity index (χ0n) is 13.1. The van der Waals surface area contributed by atoms with Crippen molar-refractivity contribution in [2.45, 2.75) is 13.0 Å². The van der Waals surface area contributed by atoms with Crippen molar-refractivity contribution in [1.82, 2.24) is 9.55 Å². The molecule has 5 nitrogen and oxygen atoms in total. The van der Waals surface area contributed by atoms with Gasteiger partial charge >= 0.3 is 0 Å². The first kappa shape index (κ1) is 15.2. The first-order valence-corrected chi connectivity index (χ1v) is 8.76. The number of thiophene rings is 1. The Kier molecular flexibility index (Phi) is 4.23. The van der Waals surface area contributed by atoms with Gasteiger partial charge in [-0.2, -0.15) is 0 Å². The number of nitrogens with zero attached hydrogens (tertiary/aromatic N) is 2. The first-order chi connectivity index (χ1) is 11.8. The lowest BCUT2D eigenvalue weighted by molar-refractivity contribution is 0.174. The van der Waals surface area contributed by atoms with Crippen LogP contribution in [0.25, 0.3) is 11.4 Å². The van der Waals surface area contributed by atoms with E-state index in [0.29, 0.717) is 0 Å². The molecule has 3 heterocycles. The summed E-state index contributed by atoms with van der Waals surface area (Å²) < 4.78 is 12.9. The van der Waals surface area contributed by atoms with Crippen LogP contribution in [0, 0.1) is 5.92 Å². The van der Waals surface area contributed by atoms with E-state index >= 15 is 0 Å². The minimum absolute atomic E-state index is 0.149. The third kappa shape index (κ3) is 3.02. The van der Waals surface area contributed by atoms with Crippen LogP contribution in [0.15, 0.2) is 48.1 Å². The molecule has 4 rings (SSSR count). The van der Waals surface area contributed by atoms with Gasteiger partial charge in [0.2, 0.25) is 6.79 Å². The number of hydrogen-bond donors (Lipinski definition) is 1. The smallest absolute Gasteiger partial charge is 0.231 e. The molecule has 124 valence electrons. The lowest BCUT2D eigenvalue weighted by Gasteiger charge is -2.16. The fourth-order valence-electron chi connectivity index (χ4n) is 2.93. The second-order valence-electron chi connectivity index (χ2n) is 5.80. The molecule has 1 aliphatic rings. The molecular weight excluding hydrogens is 324 g/mol. The summed E-state index contributed by atoms with van der Waals surface area (Å²) in [5.41, 5.74) is 0.983. The first-order valence-electron chi connectivity index (χ1n) is 7.88. The Bertz CT molecular complexity index is 814. The summed E-state index contributed by atoms with van der Waals surface area (Å²) in [6, 6.07) is 10.0. The molecule has 6 heteroatoms. The fourth-order valence-corrected chi connectivity index (χ4v) is 3.75. The Morgan fingerprint density at radius 3 is 3.00 bits per heavy atom. The number of imidazole rings is 1. The quantitative estimate of drug-likeness (QED) is 0.747. The molecular formula is C18H18N2O3S. The van der Waals surface area contributed by atoms with Crippen LogP contribution >= 0.6 is 11.3 Å². The fraction of sp³-hybridized carbons (Fsp3) is 0.278. The van der Waals surface area contributed by atoms with Crippen molar-refractivity contribution in [2.24, 2.45) is 5.92 Å². The van der Waals surface area contributed by atoms with Crippen LogP contribution < -0.4 is 9.47 Å². The Morgan fingerprint density at radius 1 is 1.25 bits per heavy atom. The second kappa shape index (κ2) is 6.67. The number of ether oxygens (including phenoxy) is 2. The maximum atomic E-state index is 9.75. The molecule has 0 amide bonds. The van der Waals surface area contributed by atoms with Gasteiger partial charge in [-0.3, -0.25) is 0 Å². The van der Waals surface area contributed by atoms with Crippen molar-refractivity contribution in [3.05, 3.63) is 53.0 Å². The van der Waals surface area contributed by atoms with E-state index in [-0.39, 0.29) is 19.3 Å². The van der Waals surface area contributed by atoms with E-state index in [1.54, 1.807) is 17.5 Å². The molecule has 0 aliphatic carbocycles. The van der Waals surface area contributed by atoms with Crippen LogP contribution in [0.4, 0.5) is 0 Å². The molecule has 0 bridgehead atoms. The lowest BCUT2D eigenvalue weighted by atomic mass is 10.1. The van der Waals surface area contributed by atoms with Crippen molar-refractivity contribution in [1.29, 1.82) is 0 Å². The summed E-state index contributed by atoms with van der Waals surface area (Å²) in [6.45, 7) is 1.13. The van der Waals surface area contributed by atoms with Gasteiger partial charge in [-0.05, 0) is 36.1 Å². The van der Waals surface area contributed by atoms with E-state index < -0.39 is 0 Å². The highest BCUT2D eigenvalue weighted by Crippen LogP contribution is 2.35. The Morgan fingerprint density at radius 2 is 2.17 bits per heavy atom. The van der Waals surface area contributed by atoms with Gasteiger partial charge in [0.05, 0.1) is 0 Å². The SMILES string of the molecule is OCC(Cc1cccs1)Cn1ccnc1-c1ccc2c(c1)OCO2. The van der Waals surface area contributed by atoms with E-state index in [1.807, 2.05) is 30.5 Å². The second-order valence-corrected chi connectivity index (χ2v) is 6.84. The van der Waals surface area contributed by atoms with Crippen LogP contribution in [0.3, 0.4) is 0 Å².